The van der Waals surface area contributed by atoms with Crippen LogP contribution in [-0.4, -0.2) is 24.5 Å². The lowest BCUT2D eigenvalue weighted by Crippen LogP contribution is -2.25. The van der Waals surface area contributed by atoms with Gasteiger partial charge >= 0.3 is 0 Å². The summed E-state index contributed by atoms with van der Waals surface area (Å²) in [6.45, 7) is 5.94. The molecule has 1 unspecified atom stereocenters. The van der Waals surface area contributed by atoms with Gasteiger partial charge in [-0.25, -0.2) is 0 Å². The van der Waals surface area contributed by atoms with Crippen molar-refractivity contribution in [2.24, 2.45) is 0 Å². The molecule has 0 radical (unpaired) electrons. The number of hydrogen-bond acceptors (Lipinski definition) is 4. The summed E-state index contributed by atoms with van der Waals surface area (Å²) in [5.41, 5.74) is 2.39. The lowest BCUT2D eigenvalue weighted by molar-refractivity contribution is 0.0771. The third-order valence-electron chi connectivity index (χ3n) is 4.80. The van der Waals surface area contributed by atoms with E-state index in [2.05, 4.69) is 6.58 Å². The number of rotatable bonds is 4. The quantitative estimate of drug-likeness (QED) is 0.663. The number of amides is 1. The Morgan fingerprint density at radius 1 is 1.22 bits per heavy atom. The fourth-order valence-corrected chi connectivity index (χ4v) is 3.52. The lowest BCUT2D eigenvalue weighted by Gasteiger charge is -2.20. The van der Waals surface area contributed by atoms with E-state index in [1.165, 1.54) is 4.90 Å². The van der Waals surface area contributed by atoms with E-state index in [9.17, 15) is 9.59 Å². The first kappa shape index (κ1) is 17.1. The third kappa shape index (κ3) is 2.72. The van der Waals surface area contributed by atoms with Crippen molar-refractivity contribution >= 4 is 16.9 Å². The number of aryl methyl sites for hydroxylation is 1. The molecule has 0 bridgehead atoms. The van der Waals surface area contributed by atoms with E-state index in [-0.39, 0.29) is 17.1 Å². The van der Waals surface area contributed by atoms with E-state index in [4.69, 9.17) is 9.15 Å². The minimum atomic E-state index is -0.513. The van der Waals surface area contributed by atoms with Gasteiger partial charge in [0.05, 0.1) is 17.0 Å². The average Bonchev–Trinajstić information content (AvgIpc) is 2.92. The normalized spacial score (nSPS) is 15.9. The van der Waals surface area contributed by atoms with Crippen molar-refractivity contribution in [2.75, 3.05) is 13.7 Å². The van der Waals surface area contributed by atoms with E-state index in [1.54, 1.807) is 25.3 Å². The summed E-state index contributed by atoms with van der Waals surface area (Å²) in [4.78, 5) is 27.5. The molecule has 4 rings (SSSR count). The van der Waals surface area contributed by atoms with Crippen LogP contribution >= 0.6 is 0 Å². The van der Waals surface area contributed by atoms with Crippen molar-refractivity contribution < 1.29 is 13.9 Å². The van der Waals surface area contributed by atoms with Crippen LogP contribution in [0.2, 0.25) is 0 Å². The second-order valence-electron chi connectivity index (χ2n) is 6.66. The Kier molecular flexibility index (Phi) is 4.07. The molecule has 1 amide bonds. The molecule has 5 nitrogen and oxygen atoms in total. The maximum absolute atomic E-state index is 13.2. The van der Waals surface area contributed by atoms with E-state index in [0.717, 1.165) is 11.1 Å². The lowest BCUT2D eigenvalue weighted by atomic mass is 9.98. The van der Waals surface area contributed by atoms with Crippen molar-refractivity contribution in [1.82, 2.24) is 4.90 Å². The standard InChI is InChI=1S/C22H19NO4/c1-4-10-26-15-7-5-6-14(12-15)19-18-20(24)16-11-13(2)8-9-17(16)27-21(18)22(25)23(19)3/h4-9,11-12,19H,1,10H2,2-3H3. The van der Waals surface area contributed by atoms with Gasteiger partial charge in [0.2, 0.25) is 5.76 Å². The highest BCUT2D eigenvalue weighted by atomic mass is 16.5. The van der Waals surface area contributed by atoms with E-state index >= 15 is 0 Å². The van der Waals surface area contributed by atoms with Crippen molar-refractivity contribution in [3.63, 3.8) is 0 Å². The molecule has 0 N–H and O–H groups in total. The summed E-state index contributed by atoms with van der Waals surface area (Å²) in [5, 5.41) is 0.487. The van der Waals surface area contributed by atoms with Gasteiger partial charge in [-0.3, -0.25) is 9.59 Å². The van der Waals surface area contributed by atoms with Crippen LogP contribution in [0, 0.1) is 6.92 Å². The van der Waals surface area contributed by atoms with Crippen LogP contribution < -0.4 is 10.2 Å². The Labute approximate surface area is 156 Å². The zero-order chi connectivity index (χ0) is 19.1. The van der Waals surface area contributed by atoms with Gasteiger partial charge in [-0.2, -0.15) is 0 Å². The number of carbonyl (C=O) groups is 1. The predicted octanol–water partition coefficient (Wildman–Crippen LogP) is 3.84. The molecule has 0 aliphatic carbocycles. The minimum Gasteiger partial charge on any atom is -0.490 e. The van der Waals surface area contributed by atoms with Crippen LogP contribution in [0.3, 0.4) is 0 Å². The Bertz CT molecular complexity index is 1130. The SMILES string of the molecule is C=CCOc1cccc(C2c3c(oc4ccc(C)cc4c3=O)C(=O)N2C)c1. The Morgan fingerprint density at radius 2 is 2.04 bits per heavy atom. The zero-order valence-corrected chi connectivity index (χ0v) is 15.2. The van der Waals surface area contributed by atoms with Crippen molar-refractivity contribution in [1.29, 1.82) is 0 Å². The molecule has 2 aromatic carbocycles. The van der Waals surface area contributed by atoms with Gasteiger partial charge in [0.1, 0.15) is 17.9 Å². The Balaban J connectivity index is 1.91. The van der Waals surface area contributed by atoms with Crippen molar-refractivity contribution in [3.8, 4) is 5.75 Å². The van der Waals surface area contributed by atoms with Crippen LogP contribution in [0.15, 0.2) is 64.3 Å². The summed E-state index contributed by atoms with van der Waals surface area (Å²) in [5.74, 6) is 0.468. The van der Waals surface area contributed by atoms with Crippen LogP contribution in [0.4, 0.5) is 0 Å². The van der Waals surface area contributed by atoms with Gasteiger partial charge in [-0.1, -0.05) is 36.4 Å². The maximum Gasteiger partial charge on any atom is 0.290 e. The van der Waals surface area contributed by atoms with Crippen LogP contribution in [-0.2, 0) is 0 Å². The summed E-state index contributed by atoms with van der Waals surface area (Å²) < 4.78 is 11.4. The summed E-state index contributed by atoms with van der Waals surface area (Å²) in [6, 6.07) is 12.3. The van der Waals surface area contributed by atoms with Crippen molar-refractivity contribution in [2.45, 2.75) is 13.0 Å². The van der Waals surface area contributed by atoms with E-state index < -0.39 is 6.04 Å². The smallest absolute Gasteiger partial charge is 0.290 e. The molecule has 2 heterocycles. The highest BCUT2D eigenvalue weighted by Gasteiger charge is 2.40. The molecule has 1 aliphatic rings. The predicted molar refractivity (Wildman–Crippen MR) is 103 cm³/mol. The number of carbonyl (C=O) groups excluding carboxylic acids is 1. The summed E-state index contributed by atoms with van der Waals surface area (Å²) >= 11 is 0. The van der Waals surface area contributed by atoms with Crippen LogP contribution in [0.25, 0.3) is 11.0 Å². The molecule has 1 aliphatic heterocycles. The van der Waals surface area contributed by atoms with Gasteiger partial charge in [0.25, 0.3) is 5.91 Å². The third-order valence-corrected chi connectivity index (χ3v) is 4.80. The van der Waals surface area contributed by atoms with Gasteiger partial charge in [0.15, 0.2) is 5.43 Å². The number of hydrogen-bond donors (Lipinski definition) is 0. The first-order valence-electron chi connectivity index (χ1n) is 8.69. The molecule has 27 heavy (non-hydrogen) atoms. The molecule has 0 saturated heterocycles. The Morgan fingerprint density at radius 3 is 2.81 bits per heavy atom. The molecule has 0 saturated carbocycles. The second-order valence-corrected chi connectivity index (χ2v) is 6.66. The van der Waals surface area contributed by atoms with Gasteiger partial charge in [-0.15, -0.1) is 0 Å². The molecular weight excluding hydrogens is 342 g/mol. The number of benzene rings is 2. The summed E-state index contributed by atoms with van der Waals surface area (Å²) in [6.07, 6.45) is 1.66. The number of fused-ring (bicyclic) bond motifs is 2. The Hall–Kier alpha value is -3.34. The van der Waals surface area contributed by atoms with Crippen LogP contribution in [0.1, 0.15) is 33.3 Å². The fraction of sp³-hybridized carbons (Fsp3) is 0.182. The second kappa shape index (κ2) is 6.43. The van der Waals surface area contributed by atoms with Crippen LogP contribution in [0.5, 0.6) is 5.75 Å². The van der Waals surface area contributed by atoms with Gasteiger partial charge < -0.3 is 14.1 Å². The molecule has 3 aromatic rings. The first-order valence-corrected chi connectivity index (χ1v) is 8.69. The zero-order valence-electron chi connectivity index (χ0n) is 15.2. The van der Waals surface area contributed by atoms with E-state index in [0.29, 0.717) is 28.9 Å². The summed E-state index contributed by atoms with van der Waals surface area (Å²) in [7, 11) is 1.68. The molecule has 0 spiro atoms. The number of ether oxygens (including phenoxy) is 1. The van der Waals surface area contributed by atoms with Gasteiger partial charge in [0, 0.05) is 7.05 Å². The molecule has 1 aromatic heterocycles. The molecule has 136 valence electrons. The van der Waals surface area contributed by atoms with Crippen molar-refractivity contribution in [3.05, 3.63) is 87.8 Å². The largest absolute Gasteiger partial charge is 0.490 e. The first-order chi connectivity index (χ1) is 13.0. The average molecular weight is 361 g/mol. The highest BCUT2D eigenvalue weighted by molar-refractivity contribution is 5.98. The highest BCUT2D eigenvalue weighted by Crippen LogP contribution is 2.37. The molecule has 0 fully saturated rings. The maximum atomic E-state index is 13.2. The molecular formula is C22H19NO4. The van der Waals surface area contributed by atoms with Gasteiger partial charge in [-0.05, 0) is 36.8 Å². The van der Waals surface area contributed by atoms with E-state index in [1.807, 2.05) is 37.3 Å². The topological polar surface area (TPSA) is 59.8 Å². The molecule has 1 atom stereocenters. The molecule has 5 heteroatoms. The fourth-order valence-electron chi connectivity index (χ4n) is 3.52. The minimum absolute atomic E-state index is 0.112. The monoisotopic (exact) mass is 361 g/mol. The number of nitrogens with zero attached hydrogens (tertiary/aromatic N) is 1.